The normalized spacial score (nSPS) is 11.7. The first-order chi connectivity index (χ1) is 29.7. The Kier molecular flexibility index (Phi) is 9.56. The molecule has 0 saturated carbocycles. The summed E-state index contributed by atoms with van der Waals surface area (Å²) < 4.78 is 10.7. The number of azo groups is 2. The monoisotopic (exact) mass is 774 g/mol. The van der Waals surface area contributed by atoms with E-state index in [2.05, 4.69) is 156 Å². The molecule has 286 valence electrons. The minimum absolute atomic E-state index is 0.755. The highest BCUT2D eigenvalue weighted by Crippen LogP contribution is 2.55. The lowest BCUT2D eigenvalue weighted by Crippen LogP contribution is -1.79. The molecular weight excluding hydrogens is 737 g/mol. The lowest BCUT2D eigenvalue weighted by Gasteiger charge is -2.04. The Hall–Kier alpha value is -7.96. The summed E-state index contributed by atoms with van der Waals surface area (Å²) in [5.41, 5.74) is 18.9. The van der Waals surface area contributed by atoms with Crippen molar-refractivity contribution in [1.82, 2.24) is 0 Å². The van der Waals surface area contributed by atoms with Crippen LogP contribution in [0.15, 0.2) is 215 Å². The van der Waals surface area contributed by atoms with Crippen molar-refractivity contribution in [2.45, 2.75) is 0 Å². The van der Waals surface area contributed by atoms with E-state index in [9.17, 15) is 0 Å². The highest BCUT2D eigenvalue weighted by atomic mass is 16.5. The van der Waals surface area contributed by atoms with Gasteiger partial charge in [-0.05, 0) is 140 Å². The van der Waals surface area contributed by atoms with E-state index in [0.29, 0.717) is 0 Å². The van der Waals surface area contributed by atoms with E-state index in [1.165, 1.54) is 11.1 Å². The number of fused-ring (bicyclic) bond motifs is 4. The maximum atomic E-state index is 5.35. The first-order valence-corrected chi connectivity index (χ1v) is 19.9. The van der Waals surface area contributed by atoms with Crippen LogP contribution in [0.4, 0.5) is 22.7 Å². The minimum Gasteiger partial charge on any atom is -0.497 e. The lowest BCUT2D eigenvalue weighted by atomic mass is 9.98. The zero-order valence-corrected chi connectivity index (χ0v) is 33.1. The van der Waals surface area contributed by atoms with Crippen LogP contribution in [0.2, 0.25) is 0 Å². The Morgan fingerprint density at radius 2 is 0.517 bits per heavy atom. The van der Waals surface area contributed by atoms with Crippen LogP contribution in [0.1, 0.15) is 0 Å². The summed E-state index contributed by atoms with van der Waals surface area (Å²) in [6.45, 7) is 0. The highest BCUT2D eigenvalue weighted by Gasteiger charge is 2.28. The van der Waals surface area contributed by atoms with Gasteiger partial charge in [0, 0.05) is 11.1 Å². The van der Waals surface area contributed by atoms with E-state index in [1.54, 1.807) is 14.2 Å². The van der Waals surface area contributed by atoms with Gasteiger partial charge in [0.25, 0.3) is 0 Å². The number of rotatable bonds is 9. The number of methoxy groups -OCH3 is 2. The van der Waals surface area contributed by atoms with Gasteiger partial charge < -0.3 is 9.47 Å². The Morgan fingerprint density at radius 1 is 0.250 bits per heavy atom. The van der Waals surface area contributed by atoms with Crippen LogP contribution in [-0.2, 0) is 0 Å². The van der Waals surface area contributed by atoms with Gasteiger partial charge in [-0.2, -0.15) is 10.2 Å². The van der Waals surface area contributed by atoms with Gasteiger partial charge in [-0.25, -0.2) is 0 Å². The summed E-state index contributed by atoms with van der Waals surface area (Å²) in [4.78, 5) is 0. The SMILES string of the molecule is COc1ccc(N=Nc2cc(-c3cc(-c4cc(-c5cc(N=Nc6ccc(OC)cc6)c6cccccc5-6)c5cccccc4-5)c4cccccc3-4)c3cccccc2-3)cc1. The van der Waals surface area contributed by atoms with Crippen molar-refractivity contribution in [3.63, 3.8) is 0 Å². The zero-order chi connectivity index (χ0) is 40.4. The zero-order valence-electron chi connectivity index (χ0n) is 33.1. The maximum Gasteiger partial charge on any atom is 0.119 e. The molecule has 0 atom stereocenters. The Labute approximate surface area is 349 Å². The average molecular weight is 775 g/mol. The number of benzene rings is 2. The second kappa shape index (κ2) is 15.8. The van der Waals surface area contributed by atoms with Gasteiger partial charge >= 0.3 is 0 Å². The summed E-state index contributed by atoms with van der Waals surface area (Å²) in [6.07, 6.45) is 0. The molecule has 2 aromatic rings. The van der Waals surface area contributed by atoms with E-state index in [-0.39, 0.29) is 0 Å². The van der Waals surface area contributed by atoms with Crippen LogP contribution in [0.25, 0.3) is 77.9 Å². The van der Waals surface area contributed by atoms with Gasteiger partial charge in [-0.15, -0.1) is 10.2 Å². The van der Waals surface area contributed by atoms with Gasteiger partial charge in [0.2, 0.25) is 0 Å². The molecule has 0 saturated heterocycles. The van der Waals surface area contributed by atoms with Gasteiger partial charge in [-0.3, -0.25) is 0 Å². The molecule has 0 radical (unpaired) electrons. The molecule has 6 nitrogen and oxygen atoms in total. The van der Waals surface area contributed by atoms with Crippen LogP contribution in [-0.4, -0.2) is 14.2 Å². The molecule has 0 spiro atoms. The van der Waals surface area contributed by atoms with Crippen molar-refractivity contribution in [2.75, 3.05) is 14.2 Å². The molecule has 2 aromatic carbocycles. The lowest BCUT2D eigenvalue weighted by molar-refractivity contribution is 0.414. The fraction of sp³-hybridized carbons (Fsp3) is 0.0370. The molecule has 0 fully saturated rings. The van der Waals surface area contributed by atoms with Gasteiger partial charge in [0.15, 0.2) is 0 Å². The summed E-state index contributed by atoms with van der Waals surface area (Å²) in [7, 11) is 3.32. The molecule has 6 heteroatoms. The predicted octanol–water partition coefficient (Wildman–Crippen LogP) is 16.0. The third-order valence-electron chi connectivity index (χ3n) is 11.1. The van der Waals surface area contributed by atoms with E-state index < -0.39 is 0 Å². The van der Waals surface area contributed by atoms with Gasteiger partial charge in [0.1, 0.15) is 11.5 Å². The van der Waals surface area contributed by atoms with Crippen LogP contribution in [0, 0.1) is 0 Å². The van der Waals surface area contributed by atoms with Crippen LogP contribution >= 0.6 is 0 Å². The maximum absolute atomic E-state index is 5.35. The van der Waals surface area contributed by atoms with Crippen LogP contribution < -0.4 is 9.47 Å². The van der Waals surface area contributed by atoms with Crippen molar-refractivity contribution in [1.29, 1.82) is 0 Å². The topological polar surface area (TPSA) is 67.9 Å². The summed E-state index contributed by atoms with van der Waals surface area (Å²) in [5.74, 6) is 1.56. The molecular formula is C54H38N4O2. The summed E-state index contributed by atoms with van der Waals surface area (Å²) in [6, 6.07) is 67.0. The fourth-order valence-electron chi connectivity index (χ4n) is 8.25. The van der Waals surface area contributed by atoms with Gasteiger partial charge in [0.05, 0.1) is 37.0 Å². The molecule has 10 rings (SSSR count). The molecule has 0 aromatic heterocycles. The summed E-state index contributed by atoms with van der Waals surface area (Å²) in [5, 5.41) is 18.9. The van der Waals surface area contributed by atoms with E-state index in [0.717, 1.165) is 101 Å². The number of nitrogens with zero attached hydrogens (tertiary/aromatic N) is 4. The molecule has 60 heavy (non-hydrogen) atoms. The predicted molar refractivity (Wildman–Crippen MR) is 244 cm³/mol. The third-order valence-corrected chi connectivity index (χ3v) is 11.1. The van der Waals surface area contributed by atoms with Crippen LogP contribution in [0.3, 0.4) is 0 Å². The quantitative estimate of drug-likeness (QED) is 0.137. The first kappa shape index (κ1) is 36.4. The van der Waals surface area contributed by atoms with Gasteiger partial charge in [-0.1, -0.05) is 121 Å². The highest BCUT2D eigenvalue weighted by molar-refractivity contribution is 6.09. The van der Waals surface area contributed by atoms with Crippen molar-refractivity contribution in [3.05, 3.63) is 194 Å². The first-order valence-electron chi connectivity index (χ1n) is 19.9. The van der Waals surface area contributed by atoms with Crippen molar-refractivity contribution in [2.24, 2.45) is 20.5 Å². The molecule has 0 bridgehead atoms. The number of hydrogen-bond acceptors (Lipinski definition) is 6. The van der Waals surface area contributed by atoms with Crippen molar-refractivity contribution >= 4 is 22.7 Å². The van der Waals surface area contributed by atoms with E-state index in [1.807, 2.05) is 48.5 Å². The Morgan fingerprint density at radius 3 is 0.817 bits per heavy atom. The smallest absolute Gasteiger partial charge is 0.119 e. The van der Waals surface area contributed by atoms with Crippen LogP contribution in [0.5, 0.6) is 11.5 Å². The largest absolute Gasteiger partial charge is 0.497 e. The molecule has 8 aliphatic rings. The Balaban J connectivity index is 1.13. The minimum atomic E-state index is 0.755. The fourth-order valence-corrected chi connectivity index (χ4v) is 8.25. The summed E-state index contributed by atoms with van der Waals surface area (Å²) >= 11 is 0. The molecule has 0 unspecified atom stereocenters. The van der Waals surface area contributed by atoms with E-state index >= 15 is 0 Å². The molecule has 0 amide bonds. The standard InChI is InChI=1S/C54H38N4O2/c1-59-37-27-23-35(24-28-37)55-57-53-33-51(43-19-11-5-13-21-45(43)53)49-31-47(39-15-7-3-9-17-41(39)49)48-32-50(42-18-10-4-8-16-40(42)48)52-34-54(46-22-14-6-12-20-44(46)52)58-56-36-25-29-38(60-2)30-26-36/h3-34H,1-2H3. The number of hydrogen-bond donors (Lipinski definition) is 0. The average Bonchev–Trinajstić information content (AvgIpc) is 3.70. The second-order valence-corrected chi connectivity index (χ2v) is 14.6. The second-order valence-electron chi connectivity index (χ2n) is 14.6. The number of ether oxygens (including phenoxy) is 2. The molecule has 0 N–H and O–H groups in total. The van der Waals surface area contributed by atoms with Crippen molar-refractivity contribution < 1.29 is 9.47 Å². The third kappa shape index (κ3) is 6.70. The molecule has 0 aliphatic heterocycles. The Bertz CT molecular complexity index is 2850. The van der Waals surface area contributed by atoms with E-state index in [4.69, 9.17) is 19.7 Å². The van der Waals surface area contributed by atoms with Crippen molar-refractivity contribution in [3.8, 4) is 89.4 Å². The molecule has 0 heterocycles. The molecule has 8 aliphatic carbocycles.